The fourth-order valence-electron chi connectivity index (χ4n) is 3.52. The molecule has 0 radical (unpaired) electrons. The van der Waals surface area contributed by atoms with Gasteiger partial charge in [-0.15, -0.1) is 11.3 Å². The first kappa shape index (κ1) is 27.6. The van der Waals surface area contributed by atoms with E-state index in [4.69, 9.17) is 51.0 Å². The second-order valence-electron chi connectivity index (χ2n) is 8.34. The predicted molar refractivity (Wildman–Crippen MR) is 147 cm³/mol. The van der Waals surface area contributed by atoms with Crippen LogP contribution in [0.2, 0.25) is 15.2 Å². The number of benzene rings is 1. The smallest absolute Gasteiger partial charge is 0.290 e. The number of rotatable bonds is 6. The molecule has 11 nitrogen and oxygen atoms in total. The molecular formula is C23H20Cl3N7O4S. The number of ether oxygens (including phenoxy) is 1. The highest BCUT2D eigenvalue weighted by molar-refractivity contribution is 7.12. The van der Waals surface area contributed by atoms with Gasteiger partial charge in [-0.25, -0.2) is 9.97 Å². The van der Waals surface area contributed by atoms with E-state index in [-0.39, 0.29) is 62.1 Å². The van der Waals surface area contributed by atoms with Crippen molar-refractivity contribution in [3.05, 3.63) is 60.5 Å². The summed E-state index contributed by atoms with van der Waals surface area (Å²) in [6, 6.07) is 4.95. The Balaban J connectivity index is 1.47. The molecule has 1 aliphatic rings. The highest BCUT2D eigenvalue weighted by Crippen LogP contribution is 2.43. The minimum absolute atomic E-state index is 0.00223. The van der Waals surface area contributed by atoms with Crippen molar-refractivity contribution in [2.75, 3.05) is 11.1 Å². The van der Waals surface area contributed by atoms with E-state index in [1.807, 2.05) is 13.8 Å². The van der Waals surface area contributed by atoms with E-state index in [2.05, 4.69) is 25.6 Å². The van der Waals surface area contributed by atoms with E-state index in [1.54, 1.807) is 17.5 Å². The molecule has 1 aromatic carbocycles. The molecule has 2 aromatic heterocycles. The van der Waals surface area contributed by atoms with Crippen molar-refractivity contribution >= 4 is 81.3 Å². The summed E-state index contributed by atoms with van der Waals surface area (Å²) in [5, 5.41) is 6.88. The van der Waals surface area contributed by atoms with Crippen molar-refractivity contribution in [1.29, 1.82) is 0 Å². The standard InChI is InChI=1S/C23H20Cl3N7O4S/c1-8(2)29-20-18(26)30-15(19(27)31-20)22(36)33-23(28)32-21(35)11-7-9-6-10(13(24)14(25)17(9)37-11)16(34)12-4-3-5-38-12/h3-6,8,11H,7H2,1-2H3,(H3,27,29,31)(H3,28,32,33,35,36). The van der Waals surface area contributed by atoms with Gasteiger partial charge in [-0.3, -0.25) is 19.7 Å². The minimum Gasteiger partial charge on any atom is -0.478 e. The molecule has 198 valence electrons. The third-order valence-corrected chi connectivity index (χ3v) is 7.14. The lowest BCUT2D eigenvalue weighted by Gasteiger charge is -2.13. The molecule has 0 aliphatic carbocycles. The maximum Gasteiger partial charge on any atom is 0.290 e. The van der Waals surface area contributed by atoms with Crippen LogP contribution in [-0.2, 0) is 11.2 Å². The SMILES string of the molecule is CC(C)Nc1nc(N)c(C(=O)NC(N)=NC(=O)C2Cc3cc(C(=O)c4cccs4)c(Cl)c(Cl)c3O2)nc1Cl. The van der Waals surface area contributed by atoms with Gasteiger partial charge in [0, 0.05) is 23.6 Å². The highest BCUT2D eigenvalue weighted by Gasteiger charge is 2.34. The number of anilines is 2. The molecule has 2 amide bonds. The van der Waals surface area contributed by atoms with E-state index in [0.717, 1.165) is 0 Å². The monoisotopic (exact) mass is 595 g/mol. The van der Waals surface area contributed by atoms with Gasteiger partial charge in [-0.1, -0.05) is 40.9 Å². The number of carbonyl (C=O) groups is 3. The summed E-state index contributed by atoms with van der Waals surface area (Å²) in [5.74, 6) is -2.32. The molecule has 38 heavy (non-hydrogen) atoms. The lowest BCUT2D eigenvalue weighted by molar-refractivity contribution is -0.123. The molecule has 1 aliphatic heterocycles. The molecule has 15 heteroatoms. The molecule has 1 unspecified atom stereocenters. The Morgan fingerprint density at radius 1 is 1.21 bits per heavy atom. The van der Waals surface area contributed by atoms with E-state index in [0.29, 0.717) is 10.4 Å². The van der Waals surface area contributed by atoms with Crippen molar-refractivity contribution in [2.24, 2.45) is 10.7 Å². The number of amides is 2. The second kappa shape index (κ2) is 11.1. The molecule has 4 rings (SSSR count). The molecule has 6 N–H and O–H groups in total. The molecule has 0 spiro atoms. The summed E-state index contributed by atoms with van der Waals surface area (Å²) in [6.07, 6.45) is -1.06. The number of ketones is 1. The number of nitrogens with zero attached hydrogens (tertiary/aromatic N) is 3. The fraction of sp³-hybridized carbons (Fsp3) is 0.217. The van der Waals surface area contributed by atoms with Crippen LogP contribution in [-0.4, -0.2) is 45.7 Å². The average Bonchev–Trinajstić information content (AvgIpc) is 3.53. The first-order chi connectivity index (χ1) is 18.0. The molecule has 0 bridgehead atoms. The Hall–Kier alpha value is -3.45. The van der Waals surface area contributed by atoms with Crippen LogP contribution in [0.4, 0.5) is 11.6 Å². The number of halogens is 3. The molecule has 0 fully saturated rings. The number of nitrogens with one attached hydrogen (secondary N) is 2. The number of hydrogen-bond acceptors (Lipinski definition) is 9. The van der Waals surface area contributed by atoms with Gasteiger partial charge in [0.1, 0.15) is 10.8 Å². The number of nitrogens with two attached hydrogens (primary N) is 2. The summed E-state index contributed by atoms with van der Waals surface area (Å²) in [6.45, 7) is 3.73. The van der Waals surface area contributed by atoms with Crippen molar-refractivity contribution in [3.8, 4) is 5.75 Å². The van der Waals surface area contributed by atoms with Crippen LogP contribution >= 0.6 is 46.1 Å². The van der Waals surface area contributed by atoms with Gasteiger partial charge in [0.15, 0.2) is 28.6 Å². The topological polar surface area (TPSA) is 175 Å². The number of nitrogen functional groups attached to an aromatic ring is 1. The van der Waals surface area contributed by atoms with Crippen molar-refractivity contribution < 1.29 is 19.1 Å². The zero-order chi connectivity index (χ0) is 27.7. The van der Waals surface area contributed by atoms with Crippen molar-refractivity contribution in [1.82, 2.24) is 15.3 Å². The number of aliphatic imine (C=N–C) groups is 1. The summed E-state index contributed by atoms with van der Waals surface area (Å²) in [5.41, 5.74) is 12.0. The van der Waals surface area contributed by atoms with Gasteiger partial charge < -0.3 is 21.5 Å². The molecule has 3 heterocycles. The van der Waals surface area contributed by atoms with Crippen LogP contribution in [0, 0.1) is 0 Å². The Labute approximate surface area is 235 Å². The minimum atomic E-state index is -1.11. The molecule has 0 saturated carbocycles. The second-order valence-corrected chi connectivity index (χ2v) is 10.4. The zero-order valence-corrected chi connectivity index (χ0v) is 22.9. The van der Waals surface area contributed by atoms with Gasteiger partial charge in [0.05, 0.1) is 9.90 Å². The first-order valence-electron chi connectivity index (χ1n) is 11.0. The average molecular weight is 597 g/mol. The Morgan fingerprint density at radius 3 is 2.61 bits per heavy atom. The molecular weight excluding hydrogens is 577 g/mol. The maximum atomic E-state index is 12.8. The predicted octanol–water partition coefficient (Wildman–Crippen LogP) is 3.71. The van der Waals surface area contributed by atoms with Crippen molar-refractivity contribution in [3.63, 3.8) is 0 Å². The van der Waals surface area contributed by atoms with Gasteiger partial charge in [-0.2, -0.15) is 4.99 Å². The van der Waals surface area contributed by atoms with Crippen LogP contribution in [0.25, 0.3) is 0 Å². The van der Waals surface area contributed by atoms with Crippen LogP contribution in [0.3, 0.4) is 0 Å². The molecule has 1 atom stereocenters. The van der Waals surface area contributed by atoms with Crippen LogP contribution in [0.15, 0.2) is 28.6 Å². The largest absolute Gasteiger partial charge is 0.478 e. The Bertz CT molecular complexity index is 1480. The highest BCUT2D eigenvalue weighted by atomic mass is 35.5. The summed E-state index contributed by atoms with van der Waals surface area (Å²) in [7, 11) is 0. The van der Waals surface area contributed by atoms with E-state index < -0.39 is 23.9 Å². The summed E-state index contributed by atoms with van der Waals surface area (Å²) >= 11 is 20.0. The first-order valence-corrected chi connectivity index (χ1v) is 13.0. The number of thiophene rings is 1. The Morgan fingerprint density at radius 2 is 1.95 bits per heavy atom. The number of fused-ring (bicyclic) bond motifs is 1. The van der Waals surface area contributed by atoms with Crippen LogP contribution < -0.4 is 26.8 Å². The fourth-order valence-corrected chi connectivity index (χ4v) is 4.88. The van der Waals surface area contributed by atoms with E-state index in [9.17, 15) is 14.4 Å². The van der Waals surface area contributed by atoms with Gasteiger partial charge in [-0.05, 0) is 31.4 Å². The number of carbonyl (C=O) groups excluding carboxylic acids is 3. The normalized spacial score (nSPS) is 14.7. The quantitative estimate of drug-likeness (QED) is 0.188. The number of guanidine groups is 1. The third kappa shape index (κ3) is 5.68. The van der Waals surface area contributed by atoms with Gasteiger partial charge in [0.25, 0.3) is 11.8 Å². The lowest BCUT2D eigenvalue weighted by Crippen LogP contribution is -2.39. The zero-order valence-electron chi connectivity index (χ0n) is 19.8. The van der Waals surface area contributed by atoms with E-state index in [1.165, 1.54) is 17.4 Å². The Kier molecular flexibility index (Phi) is 8.07. The van der Waals surface area contributed by atoms with E-state index >= 15 is 0 Å². The summed E-state index contributed by atoms with van der Waals surface area (Å²) < 4.78 is 5.66. The van der Waals surface area contributed by atoms with Gasteiger partial charge in [0.2, 0.25) is 11.7 Å². The van der Waals surface area contributed by atoms with Crippen LogP contribution in [0.5, 0.6) is 5.75 Å². The lowest BCUT2D eigenvalue weighted by atomic mass is 10.0. The number of aromatic nitrogens is 2. The third-order valence-electron chi connectivity index (χ3n) is 5.16. The summed E-state index contributed by atoms with van der Waals surface area (Å²) in [4.78, 5) is 50.3. The molecule has 3 aromatic rings. The molecule has 0 saturated heterocycles. The van der Waals surface area contributed by atoms with Gasteiger partial charge >= 0.3 is 0 Å². The van der Waals surface area contributed by atoms with Crippen LogP contribution in [0.1, 0.15) is 45.1 Å². The number of hydrogen-bond donors (Lipinski definition) is 4. The van der Waals surface area contributed by atoms with Crippen molar-refractivity contribution in [2.45, 2.75) is 32.4 Å². The maximum absolute atomic E-state index is 12.8.